The Hall–Kier alpha value is -2.11. The zero-order valence-electron chi connectivity index (χ0n) is 11.5. The SMILES string of the molecule is CO/C(=C/C=C/c1ccccc1)C(=O)NCC(C)(O)O. The first-order valence-electron chi connectivity index (χ1n) is 6.13. The Bertz CT molecular complexity index is 486. The van der Waals surface area contributed by atoms with Crippen molar-refractivity contribution in [3.63, 3.8) is 0 Å². The Morgan fingerprint density at radius 3 is 2.55 bits per heavy atom. The van der Waals surface area contributed by atoms with Crippen LogP contribution in [0, 0.1) is 0 Å². The molecule has 20 heavy (non-hydrogen) atoms. The van der Waals surface area contributed by atoms with Gasteiger partial charge in [-0.05, 0) is 18.6 Å². The van der Waals surface area contributed by atoms with E-state index in [9.17, 15) is 4.79 Å². The first kappa shape index (κ1) is 15.9. The predicted molar refractivity (Wildman–Crippen MR) is 76.4 cm³/mol. The van der Waals surface area contributed by atoms with Crippen molar-refractivity contribution in [1.29, 1.82) is 0 Å². The average molecular weight is 277 g/mol. The van der Waals surface area contributed by atoms with E-state index >= 15 is 0 Å². The summed E-state index contributed by atoms with van der Waals surface area (Å²) in [5.74, 6) is -2.38. The molecular weight excluding hydrogens is 258 g/mol. The van der Waals surface area contributed by atoms with Crippen LogP contribution in [0.5, 0.6) is 0 Å². The highest BCUT2D eigenvalue weighted by Gasteiger charge is 2.17. The van der Waals surface area contributed by atoms with E-state index < -0.39 is 11.7 Å². The molecule has 0 aliphatic rings. The van der Waals surface area contributed by atoms with Gasteiger partial charge in [-0.15, -0.1) is 0 Å². The van der Waals surface area contributed by atoms with E-state index in [1.54, 1.807) is 6.08 Å². The van der Waals surface area contributed by atoms with Crippen LogP contribution >= 0.6 is 0 Å². The molecule has 0 aliphatic carbocycles. The second-order valence-electron chi connectivity index (χ2n) is 4.40. The number of methoxy groups -OCH3 is 1. The Morgan fingerprint density at radius 1 is 1.35 bits per heavy atom. The van der Waals surface area contributed by atoms with E-state index in [1.807, 2.05) is 36.4 Å². The molecule has 1 aromatic rings. The largest absolute Gasteiger partial charge is 0.491 e. The molecule has 3 N–H and O–H groups in total. The molecule has 108 valence electrons. The summed E-state index contributed by atoms with van der Waals surface area (Å²) in [6.45, 7) is 0.897. The summed E-state index contributed by atoms with van der Waals surface area (Å²) in [6, 6.07) is 9.61. The number of nitrogens with one attached hydrogen (secondary N) is 1. The number of ether oxygens (including phenoxy) is 1. The lowest BCUT2D eigenvalue weighted by molar-refractivity contribution is -0.147. The number of hydrogen-bond donors (Lipinski definition) is 3. The number of carbonyl (C=O) groups excluding carboxylic acids is 1. The molecule has 0 fully saturated rings. The van der Waals surface area contributed by atoms with Crippen LogP contribution in [0.4, 0.5) is 0 Å². The van der Waals surface area contributed by atoms with E-state index in [1.165, 1.54) is 20.1 Å². The quantitative estimate of drug-likeness (QED) is 0.314. The van der Waals surface area contributed by atoms with Gasteiger partial charge in [-0.2, -0.15) is 0 Å². The molecule has 5 heteroatoms. The van der Waals surface area contributed by atoms with Crippen LogP contribution < -0.4 is 5.32 Å². The van der Waals surface area contributed by atoms with Gasteiger partial charge in [-0.3, -0.25) is 4.79 Å². The summed E-state index contributed by atoms with van der Waals surface area (Å²) >= 11 is 0. The number of amides is 1. The minimum absolute atomic E-state index is 0.0847. The third-order valence-corrected chi connectivity index (χ3v) is 2.36. The lowest BCUT2D eigenvalue weighted by atomic mass is 10.2. The molecule has 1 rings (SSSR count). The molecule has 1 amide bonds. The standard InChI is InChI=1S/C15H19NO4/c1-15(18,19)11-16-14(17)13(20-2)10-6-9-12-7-4-3-5-8-12/h3-10,18-19H,11H2,1-2H3,(H,16,17)/b9-6+,13-10+. The maximum Gasteiger partial charge on any atom is 0.286 e. The fraction of sp³-hybridized carbons (Fsp3) is 0.267. The molecule has 0 aromatic heterocycles. The number of rotatable bonds is 6. The lowest BCUT2D eigenvalue weighted by Crippen LogP contribution is -2.41. The van der Waals surface area contributed by atoms with Gasteiger partial charge in [0.05, 0.1) is 13.7 Å². The molecule has 0 saturated carbocycles. The van der Waals surface area contributed by atoms with Gasteiger partial charge in [0.25, 0.3) is 5.91 Å². The van der Waals surface area contributed by atoms with E-state index in [0.29, 0.717) is 0 Å². The van der Waals surface area contributed by atoms with Crippen molar-refractivity contribution in [2.45, 2.75) is 12.7 Å². The van der Waals surface area contributed by atoms with Gasteiger partial charge < -0.3 is 20.3 Å². The molecule has 0 radical (unpaired) electrons. The van der Waals surface area contributed by atoms with Crippen molar-refractivity contribution in [3.05, 3.63) is 53.8 Å². The zero-order chi connectivity index (χ0) is 15.0. The van der Waals surface area contributed by atoms with Crippen molar-refractivity contribution in [2.24, 2.45) is 0 Å². The van der Waals surface area contributed by atoms with Gasteiger partial charge in [0.1, 0.15) is 0 Å². The Labute approximate surface area is 118 Å². The highest BCUT2D eigenvalue weighted by Crippen LogP contribution is 2.03. The fourth-order valence-electron chi connectivity index (χ4n) is 1.38. The van der Waals surface area contributed by atoms with Crippen molar-refractivity contribution >= 4 is 12.0 Å². The summed E-state index contributed by atoms with van der Waals surface area (Å²) in [7, 11) is 1.37. The maximum atomic E-state index is 11.7. The predicted octanol–water partition coefficient (Wildman–Crippen LogP) is 1.05. The second-order valence-corrected chi connectivity index (χ2v) is 4.40. The van der Waals surface area contributed by atoms with E-state index in [4.69, 9.17) is 14.9 Å². The van der Waals surface area contributed by atoms with Crippen molar-refractivity contribution in [3.8, 4) is 0 Å². The van der Waals surface area contributed by atoms with Gasteiger partial charge in [0, 0.05) is 0 Å². The number of carbonyl (C=O) groups is 1. The first-order valence-corrected chi connectivity index (χ1v) is 6.13. The van der Waals surface area contributed by atoms with E-state index in [2.05, 4.69) is 5.32 Å². The molecule has 0 unspecified atom stereocenters. The highest BCUT2D eigenvalue weighted by molar-refractivity contribution is 5.91. The molecule has 0 saturated heterocycles. The minimum atomic E-state index is -1.95. The summed E-state index contributed by atoms with van der Waals surface area (Å²) in [5.41, 5.74) is 0.998. The molecule has 0 bridgehead atoms. The van der Waals surface area contributed by atoms with Crippen LogP contribution in [0.25, 0.3) is 6.08 Å². The summed E-state index contributed by atoms with van der Waals surface area (Å²) in [4.78, 5) is 11.7. The summed E-state index contributed by atoms with van der Waals surface area (Å²) < 4.78 is 4.95. The van der Waals surface area contributed by atoms with Gasteiger partial charge in [-0.1, -0.05) is 42.5 Å². The molecule has 0 atom stereocenters. The van der Waals surface area contributed by atoms with Crippen molar-refractivity contribution in [2.75, 3.05) is 13.7 Å². The van der Waals surface area contributed by atoms with Crippen LogP contribution in [-0.2, 0) is 9.53 Å². The smallest absolute Gasteiger partial charge is 0.286 e. The number of benzene rings is 1. The van der Waals surface area contributed by atoms with Crippen molar-refractivity contribution in [1.82, 2.24) is 5.32 Å². The van der Waals surface area contributed by atoms with Gasteiger partial charge in [-0.25, -0.2) is 0 Å². The van der Waals surface area contributed by atoms with Crippen LogP contribution in [0.15, 0.2) is 48.2 Å². The monoisotopic (exact) mass is 277 g/mol. The third kappa shape index (κ3) is 6.17. The molecular formula is C15H19NO4. The Balaban J connectivity index is 2.63. The maximum absolute atomic E-state index is 11.7. The summed E-state index contributed by atoms with van der Waals surface area (Å²) in [6.07, 6.45) is 5.02. The van der Waals surface area contributed by atoms with Crippen molar-refractivity contribution < 1.29 is 19.7 Å². The Kier molecular flexibility index (Phi) is 5.96. The number of hydrogen-bond acceptors (Lipinski definition) is 4. The van der Waals surface area contributed by atoms with Gasteiger partial charge in [0.2, 0.25) is 0 Å². The number of aliphatic hydroxyl groups is 2. The van der Waals surface area contributed by atoms with Crippen LogP contribution in [-0.4, -0.2) is 35.6 Å². The molecule has 0 aliphatic heterocycles. The lowest BCUT2D eigenvalue weighted by Gasteiger charge is -2.16. The second kappa shape index (κ2) is 7.47. The van der Waals surface area contributed by atoms with E-state index in [0.717, 1.165) is 5.56 Å². The molecule has 0 spiro atoms. The average Bonchev–Trinajstić information content (AvgIpc) is 2.41. The van der Waals surface area contributed by atoms with Crippen LogP contribution in [0.2, 0.25) is 0 Å². The van der Waals surface area contributed by atoms with Crippen LogP contribution in [0.1, 0.15) is 12.5 Å². The molecule has 0 heterocycles. The summed E-state index contributed by atoms with van der Waals surface area (Å²) in [5, 5.41) is 20.6. The topological polar surface area (TPSA) is 78.8 Å². The fourth-order valence-corrected chi connectivity index (χ4v) is 1.38. The minimum Gasteiger partial charge on any atom is -0.491 e. The van der Waals surface area contributed by atoms with E-state index in [-0.39, 0.29) is 12.3 Å². The zero-order valence-corrected chi connectivity index (χ0v) is 11.5. The van der Waals surface area contributed by atoms with Gasteiger partial charge >= 0.3 is 0 Å². The van der Waals surface area contributed by atoms with Gasteiger partial charge in [0.15, 0.2) is 11.5 Å². The normalized spacial score (nSPS) is 12.5. The molecule has 5 nitrogen and oxygen atoms in total. The Morgan fingerprint density at radius 2 is 2.00 bits per heavy atom. The third-order valence-electron chi connectivity index (χ3n) is 2.36. The highest BCUT2D eigenvalue weighted by atomic mass is 16.5. The number of allylic oxidation sites excluding steroid dienone is 2. The molecule has 1 aromatic carbocycles. The first-order chi connectivity index (χ1) is 9.42. The van der Waals surface area contributed by atoms with Crippen LogP contribution in [0.3, 0.4) is 0 Å².